The van der Waals surface area contributed by atoms with Gasteiger partial charge in [0, 0.05) is 12.8 Å². The minimum absolute atomic E-state index is 0.202. The van der Waals surface area contributed by atoms with E-state index in [9.17, 15) is 30.0 Å². The van der Waals surface area contributed by atoms with Crippen LogP contribution in [0.1, 0.15) is 168 Å². The average molecular weight is 857 g/mol. The first-order valence-electron chi connectivity index (χ1n) is 23.7. The van der Waals surface area contributed by atoms with Crippen molar-refractivity contribution in [2.45, 2.75) is 205 Å². The Bertz CT molecular complexity index is 1270. The van der Waals surface area contributed by atoms with Crippen molar-refractivity contribution in [3.63, 3.8) is 0 Å². The van der Waals surface area contributed by atoms with Gasteiger partial charge in [-0.25, -0.2) is 0 Å². The van der Waals surface area contributed by atoms with Crippen molar-refractivity contribution >= 4 is 11.9 Å². The van der Waals surface area contributed by atoms with Crippen LogP contribution in [0.15, 0.2) is 85.1 Å². The molecule has 1 saturated heterocycles. The van der Waals surface area contributed by atoms with Gasteiger partial charge in [0.05, 0.1) is 13.2 Å². The second-order valence-corrected chi connectivity index (χ2v) is 15.9. The smallest absolute Gasteiger partial charge is 0.306 e. The minimum Gasteiger partial charge on any atom is -0.462 e. The van der Waals surface area contributed by atoms with Gasteiger partial charge in [-0.15, -0.1) is 0 Å². The lowest BCUT2D eigenvalue weighted by Crippen LogP contribution is -2.59. The number of hydrogen-bond donors (Lipinski definition) is 4. The van der Waals surface area contributed by atoms with Crippen molar-refractivity contribution in [2.24, 2.45) is 0 Å². The highest BCUT2D eigenvalue weighted by molar-refractivity contribution is 5.70. The van der Waals surface area contributed by atoms with Crippen molar-refractivity contribution in [3.8, 4) is 0 Å². The molecular formula is C51H84O10. The van der Waals surface area contributed by atoms with Crippen molar-refractivity contribution in [1.29, 1.82) is 0 Å². The van der Waals surface area contributed by atoms with Crippen molar-refractivity contribution in [2.75, 3.05) is 19.8 Å². The van der Waals surface area contributed by atoms with Crippen molar-refractivity contribution < 1.29 is 49.0 Å². The first-order valence-corrected chi connectivity index (χ1v) is 23.7. The summed E-state index contributed by atoms with van der Waals surface area (Å²) in [4.78, 5) is 25.4. The number of aliphatic hydroxyl groups is 4. The van der Waals surface area contributed by atoms with Gasteiger partial charge in [0.25, 0.3) is 0 Å². The molecule has 3 unspecified atom stereocenters. The summed E-state index contributed by atoms with van der Waals surface area (Å²) >= 11 is 0. The average Bonchev–Trinajstić information content (AvgIpc) is 3.26. The molecule has 4 N–H and O–H groups in total. The van der Waals surface area contributed by atoms with Gasteiger partial charge in [0.1, 0.15) is 31.0 Å². The third-order valence-electron chi connectivity index (χ3n) is 10.3. The molecule has 0 aromatic heterocycles. The van der Waals surface area contributed by atoms with E-state index in [2.05, 4.69) is 80.7 Å². The molecule has 10 nitrogen and oxygen atoms in total. The van der Waals surface area contributed by atoms with Gasteiger partial charge in [0.15, 0.2) is 12.4 Å². The van der Waals surface area contributed by atoms with Crippen LogP contribution in [0.25, 0.3) is 0 Å². The van der Waals surface area contributed by atoms with Crippen LogP contribution in [0.3, 0.4) is 0 Å². The zero-order valence-electron chi connectivity index (χ0n) is 37.9. The molecule has 348 valence electrons. The van der Waals surface area contributed by atoms with Crippen LogP contribution >= 0.6 is 0 Å². The first kappa shape index (κ1) is 55.9. The number of allylic oxidation sites excluding steroid dienone is 14. The van der Waals surface area contributed by atoms with Crippen LogP contribution in [0.4, 0.5) is 0 Å². The number of ether oxygens (including phenoxy) is 4. The normalized spacial score (nSPS) is 20.5. The first-order chi connectivity index (χ1) is 29.8. The van der Waals surface area contributed by atoms with Crippen molar-refractivity contribution in [3.05, 3.63) is 85.1 Å². The van der Waals surface area contributed by atoms with Gasteiger partial charge in [0.2, 0.25) is 0 Å². The van der Waals surface area contributed by atoms with Crippen LogP contribution in [0, 0.1) is 0 Å². The molecule has 0 saturated carbocycles. The molecule has 0 amide bonds. The Morgan fingerprint density at radius 2 is 1.00 bits per heavy atom. The summed E-state index contributed by atoms with van der Waals surface area (Å²) in [6.45, 7) is 3.14. The molecule has 1 aliphatic rings. The molecule has 1 rings (SSSR count). The Morgan fingerprint density at radius 1 is 0.525 bits per heavy atom. The van der Waals surface area contributed by atoms with Gasteiger partial charge in [-0.2, -0.15) is 0 Å². The third kappa shape index (κ3) is 32.3. The summed E-state index contributed by atoms with van der Waals surface area (Å²) in [7, 11) is 0. The third-order valence-corrected chi connectivity index (χ3v) is 10.3. The summed E-state index contributed by atoms with van der Waals surface area (Å²) in [6.07, 6.45) is 45.9. The maximum absolute atomic E-state index is 12.8. The van der Waals surface area contributed by atoms with E-state index in [1.807, 2.05) is 18.2 Å². The molecule has 0 aromatic carbocycles. The summed E-state index contributed by atoms with van der Waals surface area (Å²) in [6, 6.07) is 0. The van der Waals surface area contributed by atoms with Crippen LogP contribution < -0.4 is 0 Å². The summed E-state index contributed by atoms with van der Waals surface area (Å²) in [5.41, 5.74) is 0. The fraction of sp³-hybridized carbons (Fsp3) is 0.686. The SMILES string of the molecule is CC/C=C/C=C/C=C/CCCCCCCC(=O)OC(COC(=O)CCCCCCCCCCCC/C=C/C/C=C/C/C=C/C/C=C/CC)CO[C@H]1O[C@@H](CO)[C@@H](O)C(O)C1O. The molecule has 0 spiro atoms. The summed E-state index contributed by atoms with van der Waals surface area (Å²) in [5.74, 6) is -0.842. The number of unbranched alkanes of at least 4 members (excludes halogenated alkanes) is 15. The second-order valence-electron chi connectivity index (χ2n) is 15.9. The predicted octanol–water partition coefficient (Wildman–Crippen LogP) is 10.6. The van der Waals surface area contributed by atoms with E-state index >= 15 is 0 Å². The largest absolute Gasteiger partial charge is 0.462 e. The van der Waals surface area contributed by atoms with E-state index in [-0.39, 0.29) is 26.1 Å². The number of aliphatic hydroxyl groups excluding tert-OH is 4. The number of carbonyl (C=O) groups excluding carboxylic acids is 2. The topological polar surface area (TPSA) is 152 Å². The molecule has 0 bridgehead atoms. The fourth-order valence-electron chi connectivity index (χ4n) is 6.65. The molecule has 0 radical (unpaired) electrons. The monoisotopic (exact) mass is 857 g/mol. The van der Waals surface area contributed by atoms with Gasteiger partial charge in [-0.3, -0.25) is 9.59 Å². The zero-order valence-corrected chi connectivity index (χ0v) is 37.9. The van der Waals surface area contributed by atoms with Crippen LogP contribution in [-0.4, -0.2) is 89.0 Å². The second kappa shape index (κ2) is 40.9. The van der Waals surface area contributed by atoms with Gasteiger partial charge >= 0.3 is 11.9 Å². The van der Waals surface area contributed by atoms with Crippen LogP contribution in [-0.2, 0) is 28.5 Å². The molecule has 10 heteroatoms. The Balaban J connectivity index is 2.27. The van der Waals surface area contributed by atoms with E-state index in [1.165, 1.54) is 38.5 Å². The Morgan fingerprint density at radius 3 is 1.56 bits per heavy atom. The molecule has 1 fully saturated rings. The highest BCUT2D eigenvalue weighted by atomic mass is 16.7. The lowest BCUT2D eigenvalue weighted by molar-refractivity contribution is -0.305. The fourth-order valence-corrected chi connectivity index (χ4v) is 6.65. The molecule has 61 heavy (non-hydrogen) atoms. The standard InChI is InChI=1S/C51H84O10/c1-3-5-7-9-11-13-15-17-18-19-20-21-22-23-24-25-26-28-29-31-33-35-37-39-46(53)58-42-44(43-59-51-50(57)49(56)48(55)45(41-52)61-51)60-47(54)40-38-36-34-32-30-27-16-14-12-10-8-6-4-2/h5-8,10-14,16-18,20-21,44-45,48-52,55-57H,3-4,9,15,19,22-43H2,1-2H3/b7-5+,8-6+,12-10+,13-11+,16-14+,18-17+,21-20+/t44?,45-,48+,49?,50?,51-/m0/s1. The number of carbonyl (C=O) groups is 2. The predicted molar refractivity (Wildman–Crippen MR) is 247 cm³/mol. The highest BCUT2D eigenvalue weighted by Gasteiger charge is 2.44. The van der Waals surface area contributed by atoms with Crippen molar-refractivity contribution in [1.82, 2.24) is 0 Å². The molecule has 0 aliphatic carbocycles. The zero-order chi connectivity index (χ0) is 44.4. The highest BCUT2D eigenvalue weighted by Crippen LogP contribution is 2.22. The summed E-state index contributed by atoms with van der Waals surface area (Å²) in [5, 5.41) is 40.1. The molecule has 0 aromatic rings. The quantitative estimate of drug-likeness (QED) is 0.0204. The van der Waals surface area contributed by atoms with Crippen LogP contribution in [0.5, 0.6) is 0 Å². The van der Waals surface area contributed by atoms with E-state index < -0.39 is 55.4 Å². The maximum atomic E-state index is 12.8. The van der Waals surface area contributed by atoms with E-state index in [4.69, 9.17) is 18.9 Å². The van der Waals surface area contributed by atoms with E-state index in [0.29, 0.717) is 12.8 Å². The van der Waals surface area contributed by atoms with Gasteiger partial charge in [-0.05, 0) is 70.6 Å². The Labute approximate surface area is 369 Å². The lowest BCUT2D eigenvalue weighted by atomic mass is 9.99. The Kier molecular flexibility index (Phi) is 37.5. The number of hydrogen-bond acceptors (Lipinski definition) is 10. The lowest BCUT2D eigenvalue weighted by Gasteiger charge is -2.39. The molecule has 1 heterocycles. The van der Waals surface area contributed by atoms with Gasteiger partial charge < -0.3 is 39.4 Å². The maximum Gasteiger partial charge on any atom is 0.306 e. The Hall–Kier alpha value is -3.12. The molecule has 1 aliphatic heterocycles. The van der Waals surface area contributed by atoms with E-state index in [0.717, 1.165) is 89.9 Å². The minimum atomic E-state index is -1.60. The van der Waals surface area contributed by atoms with Crippen LogP contribution in [0.2, 0.25) is 0 Å². The summed E-state index contributed by atoms with van der Waals surface area (Å²) < 4.78 is 22.2. The molecule has 6 atom stereocenters. The number of esters is 2. The number of rotatable bonds is 38. The molecular weight excluding hydrogens is 773 g/mol. The van der Waals surface area contributed by atoms with E-state index in [1.54, 1.807) is 0 Å². The van der Waals surface area contributed by atoms with Gasteiger partial charge in [-0.1, -0.05) is 170 Å².